The molecule has 74 valence electrons. The van der Waals surface area contributed by atoms with Gasteiger partial charge in [-0.05, 0) is 43.9 Å². The smallest absolute Gasteiger partial charge is 0.0923 e. The number of aliphatic hydroxyl groups is 1. The molecule has 0 aromatic carbocycles. The Morgan fingerprint density at radius 3 is 2.77 bits per heavy atom. The Morgan fingerprint density at radius 1 is 1.23 bits per heavy atom. The maximum absolute atomic E-state index is 9.95. The molecule has 0 aromatic rings. The van der Waals surface area contributed by atoms with E-state index >= 15 is 0 Å². The van der Waals surface area contributed by atoms with Crippen molar-refractivity contribution in [2.45, 2.75) is 57.3 Å². The van der Waals surface area contributed by atoms with Gasteiger partial charge in [0.05, 0.1) is 17.8 Å². The first-order valence-corrected chi connectivity index (χ1v) is 5.40. The minimum absolute atomic E-state index is 0.0775. The van der Waals surface area contributed by atoms with E-state index in [4.69, 9.17) is 4.74 Å². The number of aliphatic hydroxyl groups excluding tert-OH is 1. The Morgan fingerprint density at radius 2 is 2.00 bits per heavy atom. The van der Waals surface area contributed by atoms with Gasteiger partial charge < -0.3 is 9.84 Å². The van der Waals surface area contributed by atoms with Crippen molar-refractivity contribution >= 4 is 0 Å². The summed E-state index contributed by atoms with van der Waals surface area (Å²) in [6, 6.07) is 0. The summed E-state index contributed by atoms with van der Waals surface area (Å²) in [6.45, 7) is 4.47. The Hall–Kier alpha value is -0.0800. The average molecular weight is 182 g/mol. The fourth-order valence-corrected chi connectivity index (χ4v) is 3.55. The predicted octanol–water partition coefficient (Wildman–Crippen LogP) is 1.71. The van der Waals surface area contributed by atoms with E-state index in [1.54, 1.807) is 0 Å². The molecular weight excluding hydrogens is 164 g/mol. The first-order chi connectivity index (χ1) is 6.05. The highest BCUT2D eigenvalue weighted by Crippen LogP contribution is 2.61. The van der Waals surface area contributed by atoms with Crippen LogP contribution in [0, 0.1) is 11.3 Å². The number of hydrogen-bond donors (Lipinski definition) is 1. The molecule has 0 aromatic heterocycles. The van der Waals surface area contributed by atoms with Crippen LogP contribution in [0.1, 0.15) is 39.5 Å². The first kappa shape index (κ1) is 8.25. The van der Waals surface area contributed by atoms with Gasteiger partial charge >= 0.3 is 0 Å². The maximum Gasteiger partial charge on any atom is 0.0923 e. The number of hydrogen-bond acceptors (Lipinski definition) is 2. The molecule has 0 bridgehead atoms. The van der Waals surface area contributed by atoms with Crippen LogP contribution in [0.25, 0.3) is 0 Å². The zero-order chi connectivity index (χ0) is 9.27. The lowest BCUT2D eigenvalue weighted by atomic mass is 9.66. The van der Waals surface area contributed by atoms with Crippen molar-refractivity contribution in [1.29, 1.82) is 0 Å². The van der Waals surface area contributed by atoms with Gasteiger partial charge in [-0.3, -0.25) is 0 Å². The Kier molecular flexibility index (Phi) is 1.34. The summed E-state index contributed by atoms with van der Waals surface area (Å²) in [6.07, 6.45) is 4.82. The van der Waals surface area contributed by atoms with Crippen LogP contribution in [-0.2, 0) is 4.74 Å². The molecule has 3 fully saturated rings. The molecule has 1 heterocycles. The van der Waals surface area contributed by atoms with E-state index in [-0.39, 0.29) is 17.1 Å². The number of ether oxygens (including phenoxy) is 1. The van der Waals surface area contributed by atoms with Gasteiger partial charge in [0.15, 0.2) is 0 Å². The minimum atomic E-state index is -0.0775. The summed E-state index contributed by atoms with van der Waals surface area (Å²) in [7, 11) is 0. The summed E-state index contributed by atoms with van der Waals surface area (Å²) in [4.78, 5) is 0. The highest BCUT2D eigenvalue weighted by atomic mass is 16.6. The topological polar surface area (TPSA) is 32.8 Å². The maximum atomic E-state index is 9.95. The lowest BCUT2D eigenvalue weighted by molar-refractivity contribution is 0.0158. The molecule has 2 heteroatoms. The summed E-state index contributed by atoms with van der Waals surface area (Å²) < 4.78 is 5.70. The van der Waals surface area contributed by atoms with Crippen molar-refractivity contribution in [2.75, 3.05) is 0 Å². The highest BCUT2D eigenvalue weighted by Gasteiger charge is 2.64. The molecule has 2 nitrogen and oxygen atoms in total. The van der Waals surface area contributed by atoms with Crippen molar-refractivity contribution in [3.63, 3.8) is 0 Å². The molecule has 1 N–H and O–H groups in total. The van der Waals surface area contributed by atoms with Crippen LogP contribution in [0.15, 0.2) is 0 Å². The fraction of sp³-hybridized carbons (Fsp3) is 1.00. The normalized spacial score (nSPS) is 64.4. The predicted molar refractivity (Wildman–Crippen MR) is 49.3 cm³/mol. The van der Waals surface area contributed by atoms with Gasteiger partial charge in [-0.25, -0.2) is 0 Å². The summed E-state index contributed by atoms with van der Waals surface area (Å²) in [5, 5.41) is 9.95. The van der Waals surface area contributed by atoms with Crippen LogP contribution in [0.5, 0.6) is 0 Å². The monoisotopic (exact) mass is 182 g/mol. The summed E-state index contributed by atoms with van der Waals surface area (Å²) in [5.41, 5.74) is 0.356. The SMILES string of the molecule is CC12CC3CCC(O)C3(C)CC1O2. The van der Waals surface area contributed by atoms with Crippen molar-refractivity contribution in [3.05, 3.63) is 0 Å². The molecule has 3 aliphatic rings. The van der Waals surface area contributed by atoms with E-state index in [2.05, 4.69) is 13.8 Å². The zero-order valence-corrected chi connectivity index (χ0v) is 8.42. The van der Waals surface area contributed by atoms with Crippen LogP contribution < -0.4 is 0 Å². The Bertz CT molecular complexity index is 252. The molecule has 1 aliphatic heterocycles. The highest BCUT2D eigenvalue weighted by molar-refractivity contribution is 5.13. The number of rotatable bonds is 0. The second-order valence-corrected chi connectivity index (χ2v) is 5.62. The van der Waals surface area contributed by atoms with Gasteiger partial charge in [-0.1, -0.05) is 6.92 Å². The average Bonchev–Trinajstić information content (AvgIpc) is 2.62. The van der Waals surface area contributed by atoms with Crippen LogP contribution >= 0.6 is 0 Å². The fourth-order valence-electron chi connectivity index (χ4n) is 3.55. The van der Waals surface area contributed by atoms with Crippen molar-refractivity contribution in [1.82, 2.24) is 0 Å². The van der Waals surface area contributed by atoms with Crippen LogP contribution in [0.2, 0.25) is 0 Å². The molecule has 2 saturated carbocycles. The molecular formula is C11H18O2. The van der Waals surface area contributed by atoms with E-state index in [1.165, 1.54) is 12.8 Å². The van der Waals surface area contributed by atoms with Gasteiger partial charge in [0.25, 0.3) is 0 Å². The van der Waals surface area contributed by atoms with Crippen LogP contribution in [0.3, 0.4) is 0 Å². The third-order valence-corrected chi connectivity index (χ3v) is 4.79. The molecule has 5 unspecified atom stereocenters. The molecule has 0 spiro atoms. The van der Waals surface area contributed by atoms with Crippen LogP contribution in [-0.4, -0.2) is 22.9 Å². The number of epoxide rings is 1. The second-order valence-electron chi connectivity index (χ2n) is 5.62. The van der Waals surface area contributed by atoms with E-state index < -0.39 is 0 Å². The second kappa shape index (κ2) is 2.12. The molecule has 1 saturated heterocycles. The van der Waals surface area contributed by atoms with Gasteiger partial charge in [0.1, 0.15) is 0 Å². The summed E-state index contributed by atoms with van der Waals surface area (Å²) in [5.74, 6) is 0.700. The van der Waals surface area contributed by atoms with Crippen molar-refractivity contribution in [3.8, 4) is 0 Å². The molecule has 13 heavy (non-hydrogen) atoms. The Balaban J connectivity index is 1.89. The van der Waals surface area contributed by atoms with Crippen LogP contribution in [0.4, 0.5) is 0 Å². The first-order valence-electron chi connectivity index (χ1n) is 5.40. The number of fused-ring (bicyclic) bond motifs is 2. The molecule has 3 rings (SSSR count). The standard InChI is InChI=1S/C11H18O2/c1-10-6-9-11(2,13-9)5-7(10)3-4-8(10)12/h7-9,12H,3-6H2,1-2H3. The van der Waals surface area contributed by atoms with Crippen molar-refractivity contribution in [2.24, 2.45) is 11.3 Å². The lowest BCUT2D eigenvalue weighted by Crippen LogP contribution is -2.40. The van der Waals surface area contributed by atoms with E-state index in [0.29, 0.717) is 12.0 Å². The lowest BCUT2D eigenvalue weighted by Gasteiger charge is -2.38. The third kappa shape index (κ3) is 0.909. The third-order valence-electron chi connectivity index (χ3n) is 4.79. The van der Waals surface area contributed by atoms with Gasteiger partial charge in [0.2, 0.25) is 0 Å². The molecule has 0 radical (unpaired) electrons. The molecule has 5 atom stereocenters. The Labute approximate surface area is 79.3 Å². The zero-order valence-electron chi connectivity index (χ0n) is 8.42. The minimum Gasteiger partial charge on any atom is -0.393 e. The van der Waals surface area contributed by atoms with E-state index in [9.17, 15) is 5.11 Å². The molecule has 0 amide bonds. The van der Waals surface area contributed by atoms with Gasteiger partial charge in [-0.15, -0.1) is 0 Å². The summed E-state index contributed by atoms with van der Waals surface area (Å²) >= 11 is 0. The largest absolute Gasteiger partial charge is 0.393 e. The van der Waals surface area contributed by atoms with Gasteiger partial charge in [-0.2, -0.15) is 0 Å². The molecule has 2 aliphatic carbocycles. The van der Waals surface area contributed by atoms with Gasteiger partial charge in [0, 0.05) is 0 Å². The van der Waals surface area contributed by atoms with Crippen molar-refractivity contribution < 1.29 is 9.84 Å². The quantitative estimate of drug-likeness (QED) is 0.578. The van der Waals surface area contributed by atoms with E-state index in [1.807, 2.05) is 0 Å². The van der Waals surface area contributed by atoms with E-state index in [0.717, 1.165) is 12.8 Å².